The normalized spacial score (nSPS) is 10.9. The molecule has 2 nitrogen and oxygen atoms in total. The number of para-hydroxylation sites is 1. The van der Waals surface area contributed by atoms with Gasteiger partial charge in [-0.2, -0.15) is 0 Å². The van der Waals surface area contributed by atoms with Gasteiger partial charge in [-0.1, -0.05) is 24.3 Å². The minimum atomic E-state index is 1.02. The third-order valence-electron chi connectivity index (χ3n) is 3.09. The quantitative estimate of drug-likeness (QED) is 0.752. The molecule has 0 aliphatic heterocycles. The van der Waals surface area contributed by atoms with Crippen LogP contribution in [0.3, 0.4) is 0 Å². The summed E-state index contributed by atoms with van der Waals surface area (Å²) < 4.78 is 2.34. The van der Waals surface area contributed by atoms with Gasteiger partial charge in [-0.05, 0) is 38.1 Å². The van der Waals surface area contributed by atoms with Crippen LogP contribution in [-0.2, 0) is 13.0 Å². The van der Waals surface area contributed by atoms with Gasteiger partial charge >= 0.3 is 0 Å². The fourth-order valence-corrected chi connectivity index (χ4v) is 2.20. The number of nitrogens with one attached hydrogen (secondary N) is 1. The zero-order chi connectivity index (χ0) is 12.1. The fraction of sp³-hybridized carbons (Fsp3) is 0.333. The van der Waals surface area contributed by atoms with Crippen molar-refractivity contribution in [3.63, 3.8) is 0 Å². The van der Waals surface area contributed by atoms with Gasteiger partial charge in [0.25, 0.3) is 0 Å². The highest BCUT2D eigenvalue weighted by atomic mass is 15.0. The van der Waals surface area contributed by atoms with Gasteiger partial charge in [0, 0.05) is 23.6 Å². The van der Waals surface area contributed by atoms with E-state index in [1.165, 1.54) is 16.5 Å². The Hall–Kier alpha value is -1.54. The molecular formula is C15H20N2. The Morgan fingerprint density at radius 2 is 2.18 bits per heavy atom. The summed E-state index contributed by atoms with van der Waals surface area (Å²) in [6, 6.07) is 8.63. The van der Waals surface area contributed by atoms with E-state index in [4.69, 9.17) is 0 Å². The van der Waals surface area contributed by atoms with E-state index in [2.05, 4.69) is 46.9 Å². The van der Waals surface area contributed by atoms with Gasteiger partial charge in [0.05, 0.1) is 0 Å². The molecule has 0 unspecified atom stereocenters. The van der Waals surface area contributed by atoms with E-state index in [0.717, 1.165) is 25.9 Å². The van der Waals surface area contributed by atoms with E-state index in [1.807, 2.05) is 13.1 Å². The van der Waals surface area contributed by atoms with Crippen molar-refractivity contribution in [2.75, 3.05) is 13.6 Å². The first-order valence-corrected chi connectivity index (χ1v) is 6.19. The maximum Gasteiger partial charge on any atom is 0.0483 e. The molecule has 2 aromatic rings. The van der Waals surface area contributed by atoms with Crippen molar-refractivity contribution in [3.8, 4) is 0 Å². The first-order valence-electron chi connectivity index (χ1n) is 6.19. The number of aryl methyl sites for hydroxylation is 1. The molecule has 0 amide bonds. The van der Waals surface area contributed by atoms with Crippen LogP contribution in [0.5, 0.6) is 0 Å². The summed E-state index contributed by atoms with van der Waals surface area (Å²) in [5, 5.41) is 4.59. The number of allylic oxidation sites excluding steroid dienone is 1. The molecule has 0 saturated carbocycles. The Labute approximate surface area is 103 Å². The summed E-state index contributed by atoms with van der Waals surface area (Å²) in [4.78, 5) is 0. The van der Waals surface area contributed by atoms with Gasteiger partial charge < -0.3 is 9.88 Å². The molecular weight excluding hydrogens is 208 g/mol. The van der Waals surface area contributed by atoms with Crippen LogP contribution in [0.1, 0.15) is 12.0 Å². The highest BCUT2D eigenvalue weighted by molar-refractivity contribution is 5.84. The van der Waals surface area contributed by atoms with E-state index in [1.54, 1.807) is 0 Å². The lowest BCUT2D eigenvalue weighted by Gasteiger charge is -2.01. The summed E-state index contributed by atoms with van der Waals surface area (Å²) in [6.45, 7) is 5.83. The van der Waals surface area contributed by atoms with Crippen LogP contribution < -0.4 is 5.32 Å². The number of aromatic nitrogens is 1. The molecule has 0 bridgehead atoms. The van der Waals surface area contributed by atoms with Gasteiger partial charge in [-0.15, -0.1) is 6.58 Å². The SMILES string of the molecule is C=CCCn1cc(CCNC)c2ccccc21. The van der Waals surface area contributed by atoms with Gasteiger partial charge in [0.2, 0.25) is 0 Å². The fourth-order valence-electron chi connectivity index (χ4n) is 2.20. The van der Waals surface area contributed by atoms with Crippen molar-refractivity contribution in [1.82, 2.24) is 9.88 Å². The molecule has 0 atom stereocenters. The lowest BCUT2D eigenvalue weighted by Crippen LogP contribution is -2.09. The van der Waals surface area contributed by atoms with Crippen molar-refractivity contribution < 1.29 is 0 Å². The first kappa shape index (κ1) is 11.9. The lowest BCUT2D eigenvalue weighted by molar-refractivity contribution is 0.730. The molecule has 90 valence electrons. The Morgan fingerprint density at radius 3 is 2.94 bits per heavy atom. The lowest BCUT2D eigenvalue weighted by atomic mass is 10.1. The molecule has 0 fully saturated rings. The summed E-state index contributed by atoms with van der Waals surface area (Å²) in [5.74, 6) is 0. The highest BCUT2D eigenvalue weighted by Gasteiger charge is 2.06. The van der Waals surface area contributed by atoms with Crippen molar-refractivity contribution in [3.05, 3.63) is 48.7 Å². The van der Waals surface area contributed by atoms with Crippen molar-refractivity contribution in [1.29, 1.82) is 0 Å². The molecule has 0 spiro atoms. The second-order valence-electron chi connectivity index (χ2n) is 4.30. The molecule has 1 aromatic carbocycles. The van der Waals surface area contributed by atoms with Crippen LogP contribution in [0.4, 0.5) is 0 Å². The number of rotatable bonds is 6. The Kier molecular flexibility index (Phi) is 3.99. The number of nitrogens with zero attached hydrogens (tertiary/aromatic N) is 1. The minimum absolute atomic E-state index is 1.02. The predicted octanol–water partition coefficient (Wildman–Crippen LogP) is 2.98. The molecule has 0 radical (unpaired) electrons. The van der Waals surface area contributed by atoms with E-state index in [0.29, 0.717) is 0 Å². The maximum atomic E-state index is 3.79. The topological polar surface area (TPSA) is 17.0 Å². The standard InChI is InChI=1S/C15H20N2/c1-3-4-11-17-12-13(9-10-16-2)14-7-5-6-8-15(14)17/h3,5-8,12,16H,1,4,9-11H2,2H3. The summed E-state index contributed by atoms with van der Waals surface area (Å²) >= 11 is 0. The zero-order valence-electron chi connectivity index (χ0n) is 10.4. The van der Waals surface area contributed by atoms with Crippen LogP contribution in [0.2, 0.25) is 0 Å². The molecule has 0 aliphatic carbocycles. The third-order valence-corrected chi connectivity index (χ3v) is 3.09. The molecule has 2 heteroatoms. The number of likely N-dealkylation sites (N-methyl/N-ethyl adjacent to an activating group) is 1. The molecule has 1 N–H and O–H groups in total. The van der Waals surface area contributed by atoms with Crippen molar-refractivity contribution in [2.45, 2.75) is 19.4 Å². The second kappa shape index (κ2) is 5.69. The molecule has 2 rings (SSSR count). The predicted molar refractivity (Wildman–Crippen MR) is 74.4 cm³/mol. The largest absolute Gasteiger partial charge is 0.347 e. The van der Waals surface area contributed by atoms with Crippen LogP contribution in [0.15, 0.2) is 43.1 Å². The van der Waals surface area contributed by atoms with Crippen LogP contribution in [0.25, 0.3) is 10.9 Å². The number of benzene rings is 1. The smallest absolute Gasteiger partial charge is 0.0483 e. The molecule has 1 aromatic heterocycles. The second-order valence-corrected chi connectivity index (χ2v) is 4.30. The van der Waals surface area contributed by atoms with Crippen LogP contribution in [-0.4, -0.2) is 18.2 Å². The molecule has 0 aliphatic rings. The highest BCUT2D eigenvalue weighted by Crippen LogP contribution is 2.21. The van der Waals surface area contributed by atoms with E-state index >= 15 is 0 Å². The van der Waals surface area contributed by atoms with E-state index in [9.17, 15) is 0 Å². The molecule has 17 heavy (non-hydrogen) atoms. The third kappa shape index (κ3) is 2.59. The monoisotopic (exact) mass is 228 g/mol. The Bertz CT molecular complexity index is 497. The maximum absolute atomic E-state index is 3.79. The number of hydrogen-bond acceptors (Lipinski definition) is 1. The van der Waals surface area contributed by atoms with Gasteiger partial charge in [0.1, 0.15) is 0 Å². The first-order chi connectivity index (χ1) is 8.36. The Morgan fingerprint density at radius 1 is 1.35 bits per heavy atom. The van der Waals surface area contributed by atoms with Gasteiger partial charge in [-0.25, -0.2) is 0 Å². The van der Waals surface area contributed by atoms with Crippen molar-refractivity contribution >= 4 is 10.9 Å². The number of hydrogen-bond donors (Lipinski definition) is 1. The summed E-state index contributed by atoms with van der Waals surface area (Å²) in [7, 11) is 2.00. The van der Waals surface area contributed by atoms with Crippen LogP contribution in [0, 0.1) is 0 Å². The Balaban J connectivity index is 2.35. The summed E-state index contributed by atoms with van der Waals surface area (Å²) in [5.41, 5.74) is 2.76. The van der Waals surface area contributed by atoms with E-state index in [-0.39, 0.29) is 0 Å². The number of fused-ring (bicyclic) bond motifs is 1. The van der Waals surface area contributed by atoms with Crippen molar-refractivity contribution in [2.24, 2.45) is 0 Å². The van der Waals surface area contributed by atoms with Crippen LogP contribution >= 0.6 is 0 Å². The molecule has 1 heterocycles. The molecule has 0 saturated heterocycles. The average Bonchev–Trinajstić information content (AvgIpc) is 2.72. The zero-order valence-corrected chi connectivity index (χ0v) is 10.4. The van der Waals surface area contributed by atoms with Gasteiger partial charge in [0.15, 0.2) is 0 Å². The summed E-state index contributed by atoms with van der Waals surface area (Å²) in [6.07, 6.45) is 6.36. The minimum Gasteiger partial charge on any atom is -0.347 e. The average molecular weight is 228 g/mol. The van der Waals surface area contributed by atoms with E-state index < -0.39 is 0 Å². The van der Waals surface area contributed by atoms with Gasteiger partial charge in [-0.3, -0.25) is 0 Å².